The molecular weight excluding hydrogens is 332 g/mol. The Hall–Kier alpha value is -2.86. The fourth-order valence-electron chi connectivity index (χ4n) is 2.78. The normalized spacial score (nSPS) is 12.4. The molecule has 5 nitrogen and oxygen atoms in total. The summed E-state index contributed by atoms with van der Waals surface area (Å²) in [6.45, 7) is 1.90. The molecular formula is C19H16N4OS. The van der Waals surface area contributed by atoms with Crippen molar-refractivity contribution in [2.75, 3.05) is 0 Å². The van der Waals surface area contributed by atoms with Crippen molar-refractivity contribution < 1.29 is 4.79 Å². The minimum Gasteiger partial charge on any atom is -0.360 e. The Morgan fingerprint density at radius 3 is 2.72 bits per heavy atom. The first-order valence-corrected chi connectivity index (χ1v) is 8.84. The molecule has 4 aromatic rings. The summed E-state index contributed by atoms with van der Waals surface area (Å²) in [4.78, 5) is 16.1. The predicted octanol–water partition coefficient (Wildman–Crippen LogP) is 4.11. The number of benzene rings is 2. The van der Waals surface area contributed by atoms with Gasteiger partial charge in [0.2, 0.25) is 0 Å². The molecule has 0 fully saturated rings. The summed E-state index contributed by atoms with van der Waals surface area (Å²) in [5.74, 6) is 0.0741. The lowest BCUT2D eigenvalue weighted by atomic mass is 10.1. The Balaban J connectivity index is 1.60. The third-order valence-corrected chi connectivity index (χ3v) is 5.11. The molecule has 0 saturated heterocycles. The lowest BCUT2D eigenvalue weighted by molar-refractivity contribution is 0.0995. The number of para-hydroxylation sites is 2. The third kappa shape index (κ3) is 2.96. The molecule has 0 aliphatic rings. The van der Waals surface area contributed by atoms with Crippen molar-refractivity contribution in [2.45, 2.75) is 17.3 Å². The first-order valence-electron chi connectivity index (χ1n) is 7.96. The predicted molar refractivity (Wildman–Crippen MR) is 99.3 cm³/mol. The molecule has 0 amide bonds. The summed E-state index contributed by atoms with van der Waals surface area (Å²) in [5.41, 5.74) is 2.65. The summed E-state index contributed by atoms with van der Waals surface area (Å²) in [7, 11) is 0. The standard InChI is InChI=1S/C19H16N4OS/c1-13(18(24)16-11-20-17-10-6-5-9-15(16)17)25-19-22-21-12-23(19)14-7-3-2-4-8-14/h2-13,20H,1H3/t13-/m1/s1. The molecule has 0 bridgehead atoms. The summed E-state index contributed by atoms with van der Waals surface area (Å²) >= 11 is 1.41. The van der Waals surface area contributed by atoms with Crippen molar-refractivity contribution in [1.29, 1.82) is 0 Å². The average molecular weight is 348 g/mol. The van der Waals surface area contributed by atoms with Crippen LogP contribution >= 0.6 is 11.8 Å². The Morgan fingerprint density at radius 1 is 1.12 bits per heavy atom. The van der Waals surface area contributed by atoms with Gasteiger partial charge in [0.15, 0.2) is 10.9 Å². The number of aromatic amines is 1. The number of nitrogens with zero attached hydrogens (tertiary/aromatic N) is 3. The topological polar surface area (TPSA) is 63.6 Å². The lowest BCUT2D eigenvalue weighted by Gasteiger charge is -2.10. The van der Waals surface area contributed by atoms with Gasteiger partial charge >= 0.3 is 0 Å². The van der Waals surface area contributed by atoms with Crippen molar-refractivity contribution in [3.8, 4) is 5.69 Å². The number of thioether (sulfide) groups is 1. The van der Waals surface area contributed by atoms with Gasteiger partial charge in [-0.05, 0) is 25.1 Å². The van der Waals surface area contributed by atoms with E-state index in [0.717, 1.165) is 16.6 Å². The van der Waals surface area contributed by atoms with Crippen LogP contribution in [0.1, 0.15) is 17.3 Å². The molecule has 0 aliphatic heterocycles. The highest BCUT2D eigenvalue weighted by atomic mass is 32.2. The number of H-pyrrole nitrogens is 1. The molecule has 0 radical (unpaired) electrons. The largest absolute Gasteiger partial charge is 0.360 e. The average Bonchev–Trinajstić information content (AvgIpc) is 3.28. The van der Waals surface area contributed by atoms with E-state index < -0.39 is 0 Å². The lowest BCUT2D eigenvalue weighted by Crippen LogP contribution is -2.14. The Kier molecular flexibility index (Phi) is 4.11. The van der Waals surface area contributed by atoms with Crippen LogP contribution in [0.4, 0.5) is 0 Å². The first-order chi connectivity index (χ1) is 12.2. The maximum absolute atomic E-state index is 12.9. The second kappa shape index (κ2) is 6.57. The van der Waals surface area contributed by atoms with E-state index in [1.165, 1.54) is 11.8 Å². The molecule has 124 valence electrons. The van der Waals surface area contributed by atoms with Gasteiger partial charge in [-0.25, -0.2) is 0 Å². The number of fused-ring (bicyclic) bond motifs is 1. The third-order valence-electron chi connectivity index (χ3n) is 4.06. The summed E-state index contributed by atoms with van der Waals surface area (Å²) in [5, 5.41) is 9.55. The van der Waals surface area contributed by atoms with Crippen LogP contribution in [0.15, 0.2) is 72.3 Å². The van der Waals surface area contributed by atoms with E-state index in [1.807, 2.05) is 66.1 Å². The molecule has 2 aromatic heterocycles. The van der Waals surface area contributed by atoms with E-state index in [0.29, 0.717) is 10.7 Å². The van der Waals surface area contributed by atoms with E-state index in [1.54, 1.807) is 12.5 Å². The van der Waals surface area contributed by atoms with E-state index in [9.17, 15) is 4.79 Å². The highest BCUT2D eigenvalue weighted by Gasteiger charge is 2.22. The van der Waals surface area contributed by atoms with Crippen molar-refractivity contribution >= 4 is 28.4 Å². The summed E-state index contributed by atoms with van der Waals surface area (Å²) in [6.07, 6.45) is 3.45. The van der Waals surface area contributed by atoms with Gasteiger partial charge in [0.05, 0.1) is 5.25 Å². The monoisotopic (exact) mass is 348 g/mol. The summed E-state index contributed by atoms with van der Waals surface area (Å²) in [6, 6.07) is 17.7. The zero-order valence-corrected chi connectivity index (χ0v) is 14.4. The maximum atomic E-state index is 12.9. The zero-order chi connectivity index (χ0) is 17.2. The van der Waals surface area contributed by atoms with Gasteiger partial charge in [0, 0.05) is 28.4 Å². The number of ketones is 1. The molecule has 1 N–H and O–H groups in total. The number of nitrogens with one attached hydrogen (secondary N) is 1. The van der Waals surface area contributed by atoms with E-state index >= 15 is 0 Å². The molecule has 2 heterocycles. The van der Waals surface area contributed by atoms with Crippen molar-refractivity contribution in [2.24, 2.45) is 0 Å². The number of carbonyl (C=O) groups excluding carboxylic acids is 1. The molecule has 1 atom stereocenters. The molecule has 2 aromatic carbocycles. The second-order valence-electron chi connectivity index (χ2n) is 5.69. The van der Waals surface area contributed by atoms with Crippen LogP contribution in [0.25, 0.3) is 16.6 Å². The van der Waals surface area contributed by atoms with E-state index in [4.69, 9.17) is 0 Å². The molecule has 0 unspecified atom stereocenters. The fraction of sp³-hybridized carbons (Fsp3) is 0.105. The Bertz CT molecular complexity index is 1020. The minimum absolute atomic E-state index is 0.0741. The highest BCUT2D eigenvalue weighted by Crippen LogP contribution is 2.28. The second-order valence-corrected chi connectivity index (χ2v) is 7.00. The van der Waals surface area contributed by atoms with E-state index in [-0.39, 0.29) is 11.0 Å². The number of hydrogen-bond acceptors (Lipinski definition) is 4. The van der Waals surface area contributed by atoms with E-state index in [2.05, 4.69) is 15.2 Å². The van der Waals surface area contributed by atoms with Crippen LogP contribution in [0.3, 0.4) is 0 Å². The van der Waals surface area contributed by atoms with Gasteiger partial charge in [-0.15, -0.1) is 10.2 Å². The van der Waals surface area contributed by atoms with Gasteiger partial charge in [0.25, 0.3) is 0 Å². The van der Waals surface area contributed by atoms with Crippen LogP contribution in [0.5, 0.6) is 0 Å². The van der Waals surface area contributed by atoms with Gasteiger partial charge < -0.3 is 4.98 Å². The number of carbonyl (C=O) groups is 1. The van der Waals surface area contributed by atoms with Crippen LogP contribution < -0.4 is 0 Å². The highest BCUT2D eigenvalue weighted by molar-refractivity contribution is 8.00. The molecule has 0 spiro atoms. The van der Waals surface area contributed by atoms with Crippen molar-refractivity contribution in [3.63, 3.8) is 0 Å². The van der Waals surface area contributed by atoms with Crippen molar-refractivity contribution in [1.82, 2.24) is 19.7 Å². The molecule has 6 heteroatoms. The van der Waals surface area contributed by atoms with Crippen LogP contribution in [0.2, 0.25) is 0 Å². The number of hydrogen-bond donors (Lipinski definition) is 1. The van der Waals surface area contributed by atoms with Crippen molar-refractivity contribution in [3.05, 3.63) is 72.7 Å². The summed E-state index contributed by atoms with van der Waals surface area (Å²) < 4.78 is 1.89. The maximum Gasteiger partial charge on any atom is 0.196 e. The number of rotatable bonds is 5. The van der Waals surface area contributed by atoms with Gasteiger partial charge in [-0.2, -0.15) is 0 Å². The number of Topliss-reactive ketones (excluding diaryl/α,β-unsaturated/α-hetero) is 1. The minimum atomic E-state index is -0.272. The molecule has 25 heavy (non-hydrogen) atoms. The Labute approximate surface area is 149 Å². The number of aromatic nitrogens is 4. The van der Waals surface area contributed by atoms with Crippen LogP contribution in [-0.4, -0.2) is 30.8 Å². The van der Waals surface area contributed by atoms with Gasteiger partial charge in [0.1, 0.15) is 6.33 Å². The van der Waals surface area contributed by atoms with Crippen LogP contribution in [0, 0.1) is 0 Å². The van der Waals surface area contributed by atoms with Gasteiger partial charge in [-0.3, -0.25) is 9.36 Å². The molecule has 4 rings (SSSR count). The smallest absolute Gasteiger partial charge is 0.196 e. The first kappa shape index (κ1) is 15.7. The SMILES string of the molecule is C[C@@H](Sc1nncn1-c1ccccc1)C(=O)c1c[nH]c2ccccc12. The molecule has 0 aliphatic carbocycles. The Morgan fingerprint density at radius 2 is 1.88 bits per heavy atom. The zero-order valence-electron chi connectivity index (χ0n) is 13.6. The van der Waals surface area contributed by atoms with Gasteiger partial charge in [-0.1, -0.05) is 48.2 Å². The quantitative estimate of drug-likeness (QED) is 0.435. The molecule has 0 saturated carbocycles. The van der Waals surface area contributed by atoms with Crippen LogP contribution in [-0.2, 0) is 0 Å². The fourth-order valence-corrected chi connectivity index (χ4v) is 3.69.